The normalized spacial score (nSPS) is 12.5. The van der Waals surface area contributed by atoms with E-state index in [0.29, 0.717) is 10.6 Å². The maximum atomic E-state index is 8.81. The van der Waals surface area contributed by atoms with Gasteiger partial charge in [-0.2, -0.15) is 0 Å². The second kappa shape index (κ2) is 6.55. The van der Waals surface area contributed by atoms with Gasteiger partial charge in [-0.1, -0.05) is 75.2 Å². The van der Waals surface area contributed by atoms with Crippen molar-refractivity contribution in [3.8, 4) is 0 Å². The molecule has 0 fully saturated rings. The van der Waals surface area contributed by atoms with Gasteiger partial charge in [-0.05, 0) is 23.3 Å². The lowest BCUT2D eigenvalue weighted by Crippen LogP contribution is -1.90. The van der Waals surface area contributed by atoms with Crippen LogP contribution in [0.2, 0.25) is 0 Å². The summed E-state index contributed by atoms with van der Waals surface area (Å²) in [6.07, 6.45) is 1.35. The SMILES string of the molecule is O/N=C\C(=C(\Cl)c1ccc(Br)cc1)c1ccccc1. The van der Waals surface area contributed by atoms with E-state index < -0.39 is 0 Å². The molecule has 0 aliphatic rings. The number of allylic oxidation sites excluding steroid dienone is 1. The Bertz CT molecular complexity index is 606. The van der Waals surface area contributed by atoms with Crippen molar-refractivity contribution < 1.29 is 5.21 Å². The first kappa shape index (κ1) is 13.8. The zero-order chi connectivity index (χ0) is 13.7. The first-order chi connectivity index (χ1) is 9.22. The Morgan fingerprint density at radius 2 is 1.63 bits per heavy atom. The number of hydrogen-bond acceptors (Lipinski definition) is 2. The third-order valence-corrected chi connectivity index (χ3v) is 3.56. The van der Waals surface area contributed by atoms with Gasteiger partial charge in [-0.25, -0.2) is 0 Å². The average Bonchev–Trinajstić information content (AvgIpc) is 2.46. The van der Waals surface area contributed by atoms with E-state index in [2.05, 4.69) is 21.1 Å². The van der Waals surface area contributed by atoms with Gasteiger partial charge in [-0.15, -0.1) is 0 Å². The summed E-state index contributed by atoms with van der Waals surface area (Å²) in [6, 6.07) is 17.2. The van der Waals surface area contributed by atoms with Gasteiger partial charge < -0.3 is 5.21 Å². The van der Waals surface area contributed by atoms with Gasteiger partial charge in [-0.3, -0.25) is 0 Å². The van der Waals surface area contributed by atoms with Crippen LogP contribution in [0.15, 0.2) is 64.2 Å². The van der Waals surface area contributed by atoms with Crippen molar-refractivity contribution >= 4 is 44.4 Å². The van der Waals surface area contributed by atoms with Crippen molar-refractivity contribution in [1.29, 1.82) is 0 Å². The number of halogens is 2. The van der Waals surface area contributed by atoms with Crippen LogP contribution in [0, 0.1) is 0 Å². The van der Waals surface area contributed by atoms with E-state index in [9.17, 15) is 0 Å². The van der Waals surface area contributed by atoms with E-state index in [4.69, 9.17) is 16.8 Å². The highest BCUT2D eigenvalue weighted by molar-refractivity contribution is 9.10. The summed E-state index contributed by atoms with van der Waals surface area (Å²) < 4.78 is 0.984. The van der Waals surface area contributed by atoms with Gasteiger partial charge in [0.05, 0.1) is 11.2 Å². The minimum Gasteiger partial charge on any atom is -0.411 e. The molecule has 0 saturated carbocycles. The molecule has 96 valence electrons. The molecule has 0 aromatic heterocycles. The van der Waals surface area contributed by atoms with Gasteiger partial charge in [0.2, 0.25) is 0 Å². The maximum Gasteiger partial charge on any atom is 0.0755 e. The topological polar surface area (TPSA) is 32.6 Å². The third kappa shape index (κ3) is 3.46. The lowest BCUT2D eigenvalue weighted by atomic mass is 10.0. The van der Waals surface area contributed by atoms with E-state index in [1.54, 1.807) is 0 Å². The Kier molecular flexibility index (Phi) is 4.77. The molecule has 2 nitrogen and oxygen atoms in total. The zero-order valence-corrected chi connectivity index (χ0v) is 12.3. The van der Waals surface area contributed by atoms with Crippen LogP contribution in [0.1, 0.15) is 11.1 Å². The first-order valence-electron chi connectivity index (χ1n) is 5.61. The highest BCUT2D eigenvalue weighted by atomic mass is 79.9. The molecule has 0 aliphatic carbocycles. The highest BCUT2D eigenvalue weighted by Gasteiger charge is 2.08. The Morgan fingerprint density at radius 1 is 1.00 bits per heavy atom. The fraction of sp³-hybridized carbons (Fsp3) is 0. The smallest absolute Gasteiger partial charge is 0.0755 e. The maximum absolute atomic E-state index is 8.81. The summed E-state index contributed by atoms with van der Waals surface area (Å²) in [6.45, 7) is 0. The first-order valence-corrected chi connectivity index (χ1v) is 6.78. The van der Waals surface area contributed by atoms with Crippen LogP contribution in [-0.4, -0.2) is 11.4 Å². The van der Waals surface area contributed by atoms with E-state index in [-0.39, 0.29) is 0 Å². The molecule has 2 rings (SSSR count). The molecule has 0 unspecified atom stereocenters. The van der Waals surface area contributed by atoms with Crippen LogP contribution < -0.4 is 0 Å². The summed E-state index contributed by atoms with van der Waals surface area (Å²) in [5.74, 6) is 0. The molecule has 0 aliphatic heterocycles. The molecule has 0 heterocycles. The lowest BCUT2D eigenvalue weighted by Gasteiger charge is -2.07. The number of rotatable bonds is 3. The van der Waals surface area contributed by atoms with Crippen LogP contribution in [0.3, 0.4) is 0 Å². The Labute approximate surface area is 125 Å². The molecule has 2 aromatic rings. The van der Waals surface area contributed by atoms with Crippen molar-refractivity contribution in [3.63, 3.8) is 0 Å². The van der Waals surface area contributed by atoms with Gasteiger partial charge in [0.15, 0.2) is 0 Å². The number of nitrogens with zero attached hydrogens (tertiary/aromatic N) is 1. The molecule has 0 spiro atoms. The Balaban J connectivity index is 2.53. The van der Waals surface area contributed by atoms with E-state index >= 15 is 0 Å². The molecule has 2 aromatic carbocycles. The highest BCUT2D eigenvalue weighted by Crippen LogP contribution is 2.29. The molecule has 19 heavy (non-hydrogen) atoms. The van der Waals surface area contributed by atoms with Gasteiger partial charge in [0, 0.05) is 10.0 Å². The third-order valence-electron chi connectivity index (χ3n) is 2.61. The number of benzene rings is 2. The molecule has 0 radical (unpaired) electrons. The Hall–Kier alpha value is -1.58. The van der Waals surface area contributed by atoms with Crippen LogP contribution in [0.4, 0.5) is 0 Å². The molecule has 4 heteroatoms. The van der Waals surface area contributed by atoms with Gasteiger partial charge in [0.1, 0.15) is 0 Å². The van der Waals surface area contributed by atoms with Crippen LogP contribution in [0.5, 0.6) is 0 Å². The number of hydrogen-bond donors (Lipinski definition) is 1. The van der Waals surface area contributed by atoms with Gasteiger partial charge in [0.25, 0.3) is 0 Å². The van der Waals surface area contributed by atoms with Crippen LogP contribution in [-0.2, 0) is 0 Å². The molecule has 0 bridgehead atoms. The summed E-state index contributed by atoms with van der Waals surface area (Å²) in [5, 5.41) is 12.4. The van der Waals surface area contributed by atoms with E-state index in [1.165, 1.54) is 6.21 Å². The quantitative estimate of drug-likeness (QED) is 0.363. The predicted octanol–water partition coefficient (Wildman–Crippen LogP) is 5.02. The molecular weight excluding hydrogens is 326 g/mol. The van der Waals surface area contributed by atoms with Crippen LogP contribution in [0.25, 0.3) is 10.6 Å². The van der Waals surface area contributed by atoms with Crippen molar-refractivity contribution in [2.24, 2.45) is 5.16 Å². The van der Waals surface area contributed by atoms with Gasteiger partial charge >= 0.3 is 0 Å². The second-order valence-electron chi connectivity index (χ2n) is 3.85. The second-order valence-corrected chi connectivity index (χ2v) is 5.14. The monoisotopic (exact) mass is 335 g/mol. The van der Waals surface area contributed by atoms with Crippen molar-refractivity contribution in [3.05, 3.63) is 70.2 Å². The summed E-state index contributed by atoms with van der Waals surface area (Å²) in [5.41, 5.74) is 2.43. The minimum absolute atomic E-state index is 0.538. The van der Waals surface area contributed by atoms with E-state index in [0.717, 1.165) is 15.6 Å². The predicted molar refractivity (Wildman–Crippen MR) is 83.5 cm³/mol. The van der Waals surface area contributed by atoms with Crippen molar-refractivity contribution in [2.75, 3.05) is 0 Å². The standard InChI is InChI=1S/C15H11BrClNO/c16-13-8-6-12(7-9-13)15(17)14(10-18-19)11-4-2-1-3-5-11/h1-10,19H/b15-14-,18-10-. The Morgan fingerprint density at radius 3 is 2.21 bits per heavy atom. The van der Waals surface area contributed by atoms with Crippen molar-refractivity contribution in [2.45, 2.75) is 0 Å². The fourth-order valence-electron chi connectivity index (χ4n) is 1.69. The summed E-state index contributed by atoms with van der Waals surface area (Å²) in [4.78, 5) is 0. The molecule has 0 saturated heterocycles. The average molecular weight is 337 g/mol. The summed E-state index contributed by atoms with van der Waals surface area (Å²) in [7, 11) is 0. The molecule has 0 atom stereocenters. The lowest BCUT2D eigenvalue weighted by molar-refractivity contribution is 0.322. The zero-order valence-electron chi connectivity index (χ0n) is 9.92. The van der Waals surface area contributed by atoms with Crippen LogP contribution >= 0.6 is 27.5 Å². The largest absolute Gasteiger partial charge is 0.411 e. The van der Waals surface area contributed by atoms with Crippen molar-refractivity contribution in [1.82, 2.24) is 0 Å². The molecular formula is C15H11BrClNO. The molecule has 0 amide bonds. The summed E-state index contributed by atoms with van der Waals surface area (Å²) >= 11 is 9.78. The number of oxime groups is 1. The molecule has 1 N–H and O–H groups in total. The fourth-order valence-corrected chi connectivity index (χ4v) is 2.23. The van der Waals surface area contributed by atoms with E-state index in [1.807, 2.05) is 54.6 Å². The minimum atomic E-state index is 0.538.